The van der Waals surface area contributed by atoms with Gasteiger partial charge in [-0.3, -0.25) is 9.78 Å². The number of carbonyl (C=O) groups excluding carboxylic acids is 1. The number of nitrogens with one attached hydrogen (secondary N) is 3. The van der Waals surface area contributed by atoms with E-state index in [-0.39, 0.29) is 12.5 Å². The predicted octanol–water partition coefficient (Wildman–Crippen LogP) is 0.209. The summed E-state index contributed by atoms with van der Waals surface area (Å²) in [7, 11) is 1.77. The van der Waals surface area contributed by atoms with Crippen LogP contribution in [0.3, 0.4) is 0 Å². The third-order valence-corrected chi connectivity index (χ3v) is 2.26. The zero-order valence-corrected chi connectivity index (χ0v) is 9.16. The van der Waals surface area contributed by atoms with Gasteiger partial charge in [-0.25, -0.2) is 4.98 Å². The molecular weight excluding hydrogens is 206 g/mol. The van der Waals surface area contributed by atoms with Gasteiger partial charge in [0.05, 0.1) is 18.9 Å². The third-order valence-electron chi connectivity index (χ3n) is 2.26. The first-order chi connectivity index (χ1) is 7.78. The summed E-state index contributed by atoms with van der Waals surface area (Å²) >= 11 is 0. The lowest BCUT2D eigenvalue weighted by atomic mass is 10.5. The summed E-state index contributed by atoms with van der Waals surface area (Å²) in [5.41, 5.74) is 0. The molecule has 0 unspecified atom stereocenters. The van der Waals surface area contributed by atoms with Crippen LogP contribution in [0.15, 0.2) is 12.4 Å². The molecule has 86 valence electrons. The molecule has 1 aromatic rings. The minimum absolute atomic E-state index is 0.000777. The molecule has 1 fully saturated rings. The SMILES string of the molecule is CNc1cncc(NCC(=O)NC2CC2)n1. The first kappa shape index (κ1) is 10.7. The number of aromatic nitrogens is 2. The minimum Gasteiger partial charge on any atom is -0.372 e. The molecule has 0 radical (unpaired) electrons. The predicted molar refractivity (Wildman–Crippen MR) is 61.2 cm³/mol. The van der Waals surface area contributed by atoms with Crippen molar-refractivity contribution in [1.29, 1.82) is 0 Å². The van der Waals surface area contributed by atoms with Crippen molar-refractivity contribution in [2.45, 2.75) is 18.9 Å². The number of rotatable bonds is 5. The average Bonchev–Trinajstić information content (AvgIpc) is 3.10. The van der Waals surface area contributed by atoms with Crippen molar-refractivity contribution >= 4 is 17.5 Å². The number of amides is 1. The van der Waals surface area contributed by atoms with Crippen LogP contribution in [-0.4, -0.2) is 35.5 Å². The highest BCUT2D eigenvalue weighted by Gasteiger charge is 2.22. The Balaban J connectivity index is 1.80. The molecule has 1 aliphatic carbocycles. The van der Waals surface area contributed by atoms with Gasteiger partial charge in [0.1, 0.15) is 11.6 Å². The molecule has 1 aliphatic rings. The van der Waals surface area contributed by atoms with Gasteiger partial charge in [-0.05, 0) is 12.8 Å². The fraction of sp³-hybridized carbons (Fsp3) is 0.500. The van der Waals surface area contributed by atoms with Gasteiger partial charge in [0.25, 0.3) is 0 Å². The van der Waals surface area contributed by atoms with Gasteiger partial charge in [0.15, 0.2) is 0 Å². The van der Waals surface area contributed by atoms with Gasteiger partial charge in [-0.1, -0.05) is 0 Å². The van der Waals surface area contributed by atoms with Gasteiger partial charge < -0.3 is 16.0 Å². The maximum absolute atomic E-state index is 11.4. The number of anilines is 2. The van der Waals surface area contributed by atoms with Crippen molar-refractivity contribution < 1.29 is 4.79 Å². The van der Waals surface area contributed by atoms with Gasteiger partial charge in [-0.2, -0.15) is 0 Å². The molecule has 2 rings (SSSR count). The molecular formula is C10H15N5O. The van der Waals surface area contributed by atoms with Crippen LogP contribution in [0.25, 0.3) is 0 Å². The van der Waals surface area contributed by atoms with E-state index in [9.17, 15) is 4.79 Å². The van der Waals surface area contributed by atoms with Crippen LogP contribution in [0.1, 0.15) is 12.8 Å². The summed E-state index contributed by atoms with van der Waals surface area (Å²) < 4.78 is 0. The van der Waals surface area contributed by atoms with E-state index in [0.29, 0.717) is 17.7 Å². The Morgan fingerprint density at radius 2 is 2.19 bits per heavy atom. The zero-order valence-electron chi connectivity index (χ0n) is 9.16. The molecule has 6 nitrogen and oxygen atoms in total. The molecule has 1 heterocycles. The Bertz CT molecular complexity index is 377. The van der Waals surface area contributed by atoms with E-state index in [0.717, 1.165) is 12.8 Å². The van der Waals surface area contributed by atoms with Crippen LogP contribution >= 0.6 is 0 Å². The molecule has 0 aromatic carbocycles. The monoisotopic (exact) mass is 221 g/mol. The van der Waals surface area contributed by atoms with Crippen molar-refractivity contribution in [3.8, 4) is 0 Å². The Kier molecular flexibility index (Phi) is 3.19. The highest BCUT2D eigenvalue weighted by molar-refractivity contribution is 5.80. The fourth-order valence-corrected chi connectivity index (χ4v) is 1.25. The van der Waals surface area contributed by atoms with Gasteiger partial charge in [0.2, 0.25) is 5.91 Å². The Labute approximate surface area is 93.9 Å². The first-order valence-electron chi connectivity index (χ1n) is 5.31. The van der Waals surface area contributed by atoms with E-state index in [4.69, 9.17) is 0 Å². The number of nitrogens with zero attached hydrogens (tertiary/aromatic N) is 2. The van der Waals surface area contributed by atoms with Crippen LogP contribution in [0.2, 0.25) is 0 Å². The molecule has 0 spiro atoms. The van der Waals surface area contributed by atoms with Gasteiger partial charge in [0, 0.05) is 13.1 Å². The summed E-state index contributed by atoms with van der Waals surface area (Å²) in [6.45, 7) is 0.234. The van der Waals surface area contributed by atoms with E-state index >= 15 is 0 Å². The number of carbonyl (C=O) groups is 1. The standard InChI is InChI=1S/C10H15N5O/c1-11-8-4-12-5-9(15-8)13-6-10(16)14-7-2-3-7/h4-5,7H,2-3,6H2,1H3,(H,14,16)(H2,11,13,15). The van der Waals surface area contributed by atoms with Gasteiger partial charge >= 0.3 is 0 Å². The second-order valence-corrected chi connectivity index (χ2v) is 3.73. The van der Waals surface area contributed by atoms with E-state index < -0.39 is 0 Å². The van der Waals surface area contributed by atoms with E-state index in [2.05, 4.69) is 25.9 Å². The topological polar surface area (TPSA) is 78.9 Å². The van der Waals surface area contributed by atoms with Crippen molar-refractivity contribution in [2.75, 3.05) is 24.2 Å². The highest BCUT2D eigenvalue weighted by Crippen LogP contribution is 2.18. The molecule has 1 saturated carbocycles. The fourth-order valence-electron chi connectivity index (χ4n) is 1.25. The smallest absolute Gasteiger partial charge is 0.239 e. The summed E-state index contributed by atoms with van der Waals surface area (Å²) in [5, 5.41) is 8.70. The molecule has 0 saturated heterocycles. The molecule has 6 heteroatoms. The first-order valence-corrected chi connectivity index (χ1v) is 5.31. The summed E-state index contributed by atoms with van der Waals surface area (Å²) in [4.78, 5) is 19.6. The molecule has 0 atom stereocenters. The Morgan fingerprint density at radius 3 is 2.88 bits per heavy atom. The lowest BCUT2D eigenvalue weighted by Gasteiger charge is -2.06. The largest absolute Gasteiger partial charge is 0.372 e. The van der Waals surface area contributed by atoms with Crippen molar-refractivity contribution in [2.24, 2.45) is 0 Å². The lowest BCUT2D eigenvalue weighted by molar-refractivity contribution is -0.119. The molecule has 16 heavy (non-hydrogen) atoms. The van der Waals surface area contributed by atoms with Crippen molar-refractivity contribution in [3.05, 3.63) is 12.4 Å². The molecule has 1 amide bonds. The van der Waals surface area contributed by atoms with E-state index in [1.807, 2.05) is 0 Å². The van der Waals surface area contributed by atoms with Crippen LogP contribution in [0.4, 0.5) is 11.6 Å². The second kappa shape index (κ2) is 4.78. The van der Waals surface area contributed by atoms with E-state index in [1.54, 1.807) is 19.4 Å². The van der Waals surface area contributed by atoms with Crippen LogP contribution in [-0.2, 0) is 4.79 Å². The highest BCUT2D eigenvalue weighted by atomic mass is 16.2. The average molecular weight is 221 g/mol. The Hall–Kier alpha value is -1.85. The van der Waals surface area contributed by atoms with Crippen LogP contribution in [0.5, 0.6) is 0 Å². The zero-order chi connectivity index (χ0) is 11.4. The second-order valence-electron chi connectivity index (χ2n) is 3.73. The quantitative estimate of drug-likeness (QED) is 0.662. The summed E-state index contributed by atoms with van der Waals surface area (Å²) in [6.07, 6.45) is 5.41. The van der Waals surface area contributed by atoms with Crippen molar-refractivity contribution in [1.82, 2.24) is 15.3 Å². The summed E-state index contributed by atoms with van der Waals surface area (Å²) in [5.74, 6) is 1.27. The van der Waals surface area contributed by atoms with Crippen LogP contribution in [0, 0.1) is 0 Å². The normalized spacial score (nSPS) is 14.3. The Morgan fingerprint density at radius 1 is 1.44 bits per heavy atom. The third kappa shape index (κ3) is 3.08. The van der Waals surface area contributed by atoms with E-state index in [1.165, 1.54) is 0 Å². The maximum Gasteiger partial charge on any atom is 0.239 e. The minimum atomic E-state index is -0.000777. The van der Waals surface area contributed by atoms with Crippen LogP contribution < -0.4 is 16.0 Å². The number of hydrogen-bond acceptors (Lipinski definition) is 5. The molecule has 0 aliphatic heterocycles. The molecule has 1 aromatic heterocycles. The van der Waals surface area contributed by atoms with Crippen molar-refractivity contribution in [3.63, 3.8) is 0 Å². The maximum atomic E-state index is 11.4. The molecule has 0 bridgehead atoms. The van der Waals surface area contributed by atoms with Gasteiger partial charge in [-0.15, -0.1) is 0 Å². The molecule has 3 N–H and O–H groups in total. The number of hydrogen-bond donors (Lipinski definition) is 3. The summed E-state index contributed by atoms with van der Waals surface area (Å²) in [6, 6.07) is 0.393. The lowest BCUT2D eigenvalue weighted by Crippen LogP contribution is -2.31.